The summed E-state index contributed by atoms with van der Waals surface area (Å²) in [5.41, 5.74) is 5.00. The standard InChI is InChI=1S/C15H14O2/c1-17-15-9-13-11(8-14(15)16)7-6-10-4-2-3-5-12(10)13/h2-5,8-9,16H,6-7H2,1H3. The molecule has 0 unspecified atom stereocenters. The van der Waals surface area contributed by atoms with E-state index < -0.39 is 0 Å². The summed E-state index contributed by atoms with van der Waals surface area (Å²) in [6, 6.07) is 12.2. The maximum atomic E-state index is 9.79. The Morgan fingerprint density at radius 1 is 1.00 bits per heavy atom. The van der Waals surface area contributed by atoms with Gasteiger partial charge >= 0.3 is 0 Å². The summed E-state index contributed by atoms with van der Waals surface area (Å²) in [4.78, 5) is 0. The molecule has 2 heteroatoms. The highest BCUT2D eigenvalue weighted by molar-refractivity contribution is 5.75. The van der Waals surface area contributed by atoms with Crippen LogP contribution in [0.1, 0.15) is 11.1 Å². The number of benzene rings is 2. The molecule has 1 N–H and O–H groups in total. The third kappa shape index (κ3) is 1.57. The molecule has 3 rings (SSSR count). The van der Waals surface area contributed by atoms with Crippen LogP contribution in [0.25, 0.3) is 11.1 Å². The van der Waals surface area contributed by atoms with Crippen molar-refractivity contribution in [2.75, 3.05) is 7.11 Å². The lowest BCUT2D eigenvalue weighted by Gasteiger charge is -2.20. The fraction of sp³-hybridized carbons (Fsp3) is 0.200. The van der Waals surface area contributed by atoms with Gasteiger partial charge in [-0.25, -0.2) is 0 Å². The summed E-state index contributed by atoms with van der Waals surface area (Å²) < 4.78 is 5.18. The van der Waals surface area contributed by atoms with Crippen LogP contribution < -0.4 is 4.74 Å². The predicted octanol–water partition coefficient (Wildman–Crippen LogP) is 3.17. The van der Waals surface area contributed by atoms with Gasteiger partial charge in [0.2, 0.25) is 0 Å². The van der Waals surface area contributed by atoms with Gasteiger partial charge in [0.25, 0.3) is 0 Å². The van der Waals surface area contributed by atoms with E-state index in [1.807, 2.05) is 18.2 Å². The second-order valence-corrected chi connectivity index (χ2v) is 4.34. The first kappa shape index (κ1) is 10.2. The number of methoxy groups -OCH3 is 1. The summed E-state index contributed by atoms with van der Waals surface area (Å²) in [7, 11) is 1.58. The Morgan fingerprint density at radius 3 is 2.59 bits per heavy atom. The monoisotopic (exact) mass is 226 g/mol. The molecule has 0 saturated heterocycles. The number of ether oxygens (including phenoxy) is 1. The number of phenols is 1. The summed E-state index contributed by atoms with van der Waals surface area (Å²) in [5.74, 6) is 0.770. The molecule has 0 saturated carbocycles. The summed E-state index contributed by atoms with van der Waals surface area (Å²) in [6.07, 6.45) is 2.01. The number of aromatic hydroxyl groups is 1. The van der Waals surface area contributed by atoms with Crippen molar-refractivity contribution in [3.05, 3.63) is 47.5 Å². The lowest BCUT2D eigenvalue weighted by Crippen LogP contribution is -2.04. The molecule has 86 valence electrons. The first-order valence-electron chi connectivity index (χ1n) is 5.78. The molecule has 0 amide bonds. The fourth-order valence-corrected chi connectivity index (χ4v) is 2.50. The molecule has 0 heterocycles. The van der Waals surface area contributed by atoms with E-state index in [4.69, 9.17) is 4.74 Å². The molecular formula is C15H14O2. The molecule has 0 aromatic heterocycles. The van der Waals surface area contributed by atoms with Gasteiger partial charge in [-0.15, -0.1) is 0 Å². The van der Waals surface area contributed by atoms with Crippen LogP contribution in [-0.4, -0.2) is 12.2 Å². The molecular weight excluding hydrogens is 212 g/mol. The second kappa shape index (κ2) is 3.81. The van der Waals surface area contributed by atoms with Gasteiger partial charge in [-0.2, -0.15) is 0 Å². The number of fused-ring (bicyclic) bond motifs is 3. The summed E-state index contributed by atoms with van der Waals surface area (Å²) in [5, 5.41) is 9.79. The number of hydrogen-bond acceptors (Lipinski definition) is 2. The van der Waals surface area contributed by atoms with Crippen molar-refractivity contribution in [2.24, 2.45) is 0 Å². The van der Waals surface area contributed by atoms with Crippen molar-refractivity contribution < 1.29 is 9.84 Å². The average molecular weight is 226 g/mol. The molecule has 2 aromatic rings. The van der Waals surface area contributed by atoms with Crippen LogP contribution >= 0.6 is 0 Å². The van der Waals surface area contributed by atoms with Crippen molar-refractivity contribution >= 4 is 0 Å². The van der Waals surface area contributed by atoms with Crippen LogP contribution in [0.4, 0.5) is 0 Å². The van der Waals surface area contributed by atoms with Gasteiger partial charge in [0, 0.05) is 0 Å². The highest BCUT2D eigenvalue weighted by Crippen LogP contribution is 2.39. The van der Waals surface area contributed by atoms with Crippen LogP contribution in [-0.2, 0) is 12.8 Å². The van der Waals surface area contributed by atoms with Gasteiger partial charge in [0.05, 0.1) is 7.11 Å². The maximum absolute atomic E-state index is 9.79. The third-order valence-corrected chi connectivity index (χ3v) is 3.38. The maximum Gasteiger partial charge on any atom is 0.161 e. The minimum absolute atomic E-state index is 0.227. The average Bonchev–Trinajstić information content (AvgIpc) is 2.37. The molecule has 0 aliphatic heterocycles. The predicted molar refractivity (Wildman–Crippen MR) is 67.5 cm³/mol. The number of aryl methyl sites for hydroxylation is 2. The van der Waals surface area contributed by atoms with E-state index in [0.29, 0.717) is 5.75 Å². The highest BCUT2D eigenvalue weighted by atomic mass is 16.5. The van der Waals surface area contributed by atoms with Gasteiger partial charge in [-0.05, 0) is 47.2 Å². The first-order chi connectivity index (χ1) is 8.29. The SMILES string of the molecule is COc1cc2c(cc1O)CCc1ccccc1-2. The molecule has 1 aliphatic carbocycles. The molecule has 0 fully saturated rings. The molecule has 2 aromatic carbocycles. The van der Waals surface area contributed by atoms with Crippen molar-refractivity contribution in [3.63, 3.8) is 0 Å². The topological polar surface area (TPSA) is 29.5 Å². The Balaban J connectivity index is 2.24. The third-order valence-electron chi connectivity index (χ3n) is 3.38. The largest absolute Gasteiger partial charge is 0.504 e. The van der Waals surface area contributed by atoms with E-state index in [-0.39, 0.29) is 5.75 Å². The Kier molecular flexibility index (Phi) is 2.29. The zero-order chi connectivity index (χ0) is 11.8. The van der Waals surface area contributed by atoms with Crippen molar-refractivity contribution in [3.8, 4) is 22.6 Å². The fourth-order valence-electron chi connectivity index (χ4n) is 2.50. The van der Waals surface area contributed by atoms with Gasteiger partial charge in [0.1, 0.15) is 0 Å². The minimum Gasteiger partial charge on any atom is -0.504 e. The van der Waals surface area contributed by atoms with Crippen molar-refractivity contribution in [1.29, 1.82) is 0 Å². The van der Waals surface area contributed by atoms with Gasteiger partial charge in [-0.1, -0.05) is 24.3 Å². The zero-order valence-corrected chi connectivity index (χ0v) is 9.73. The van der Waals surface area contributed by atoms with Crippen molar-refractivity contribution in [2.45, 2.75) is 12.8 Å². The second-order valence-electron chi connectivity index (χ2n) is 4.34. The van der Waals surface area contributed by atoms with Crippen LogP contribution in [0.15, 0.2) is 36.4 Å². The Hall–Kier alpha value is -1.96. The first-order valence-corrected chi connectivity index (χ1v) is 5.78. The minimum atomic E-state index is 0.227. The number of phenolic OH excluding ortho intramolecular Hbond substituents is 1. The van der Waals surface area contributed by atoms with Crippen LogP contribution in [0.5, 0.6) is 11.5 Å². The summed E-state index contributed by atoms with van der Waals surface area (Å²) in [6.45, 7) is 0. The molecule has 0 bridgehead atoms. The number of rotatable bonds is 1. The lowest BCUT2D eigenvalue weighted by atomic mass is 9.85. The Labute approximate surface area is 100 Å². The van der Waals surface area contributed by atoms with Crippen LogP contribution in [0, 0.1) is 0 Å². The normalized spacial score (nSPS) is 12.8. The van der Waals surface area contributed by atoms with Gasteiger partial charge in [-0.3, -0.25) is 0 Å². The van der Waals surface area contributed by atoms with E-state index in [1.54, 1.807) is 7.11 Å². The van der Waals surface area contributed by atoms with E-state index in [2.05, 4.69) is 18.2 Å². The number of hydrogen-bond donors (Lipinski definition) is 1. The molecule has 0 atom stereocenters. The molecule has 0 radical (unpaired) electrons. The van der Waals surface area contributed by atoms with Gasteiger partial charge < -0.3 is 9.84 Å². The lowest BCUT2D eigenvalue weighted by molar-refractivity contribution is 0.373. The highest BCUT2D eigenvalue weighted by Gasteiger charge is 2.18. The molecule has 2 nitrogen and oxygen atoms in total. The zero-order valence-electron chi connectivity index (χ0n) is 9.73. The summed E-state index contributed by atoms with van der Waals surface area (Å²) >= 11 is 0. The van der Waals surface area contributed by atoms with Gasteiger partial charge in [0.15, 0.2) is 11.5 Å². The molecule has 0 spiro atoms. The molecule has 1 aliphatic rings. The Bertz CT molecular complexity index is 573. The van der Waals surface area contributed by atoms with E-state index >= 15 is 0 Å². The van der Waals surface area contributed by atoms with E-state index in [9.17, 15) is 5.11 Å². The van der Waals surface area contributed by atoms with E-state index in [1.165, 1.54) is 22.3 Å². The van der Waals surface area contributed by atoms with Crippen LogP contribution in [0.2, 0.25) is 0 Å². The van der Waals surface area contributed by atoms with Crippen LogP contribution in [0.3, 0.4) is 0 Å². The quantitative estimate of drug-likeness (QED) is 0.809. The smallest absolute Gasteiger partial charge is 0.161 e. The van der Waals surface area contributed by atoms with E-state index in [0.717, 1.165) is 12.8 Å². The molecule has 17 heavy (non-hydrogen) atoms. The van der Waals surface area contributed by atoms with Crippen molar-refractivity contribution in [1.82, 2.24) is 0 Å². The Morgan fingerprint density at radius 2 is 1.76 bits per heavy atom.